The molecule has 1 aromatic heterocycles. The molecule has 2 aromatic rings. The molecule has 0 radical (unpaired) electrons. The van der Waals surface area contributed by atoms with Gasteiger partial charge >= 0.3 is 5.97 Å². The van der Waals surface area contributed by atoms with Crippen molar-refractivity contribution < 1.29 is 14.3 Å². The summed E-state index contributed by atoms with van der Waals surface area (Å²) in [4.78, 5) is 27.9. The van der Waals surface area contributed by atoms with E-state index in [-0.39, 0.29) is 5.97 Å². The maximum absolute atomic E-state index is 12.4. The second-order valence-electron chi connectivity index (χ2n) is 7.68. The van der Waals surface area contributed by atoms with Crippen molar-refractivity contribution in [1.29, 1.82) is 0 Å². The van der Waals surface area contributed by atoms with Crippen LogP contribution in [0.2, 0.25) is 0 Å². The highest BCUT2D eigenvalue weighted by Gasteiger charge is 2.22. The van der Waals surface area contributed by atoms with Crippen LogP contribution < -0.4 is 9.64 Å². The zero-order valence-corrected chi connectivity index (χ0v) is 19.7. The number of fused-ring (bicyclic) bond motifs is 1. The molecule has 0 spiro atoms. The number of hydrogen-bond acceptors (Lipinski definition) is 7. The minimum absolute atomic E-state index is 0.326. The van der Waals surface area contributed by atoms with Gasteiger partial charge in [0.1, 0.15) is 17.0 Å². The van der Waals surface area contributed by atoms with Crippen LogP contribution >= 0.6 is 0 Å². The lowest BCUT2D eigenvalue weighted by Crippen LogP contribution is -2.31. The molecule has 2 heterocycles. The van der Waals surface area contributed by atoms with Crippen molar-refractivity contribution in [2.75, 3.05) is 24.7 Å². The molecular weight excluding hydrogens is 416 g/mol. The number of carbonyl (C=O) groups excluding carboxylic acids is 1. The molecule has 3 rings (SSSR count). The smallest absolute Gasteiger partial charge is 0.341 e. The number of unbranched alkanes of at least 4 members (excludes halogenated alkanes) is 1. The largest absolute Gasteiger partial charge is 0.493 e. The van der Waals surface area contributed by atoms with E-state index < -0.39 is 0 Å². The van der Waals surface area contributed by atoms with Crippen molar-refractivity contribution in [2.24, 2.45) is 4.99 Å². The van der Waals surface area contributed by atoms with E-state index in [1.54, 1.807) is 13.0 Å². The van der Waals surface area contributed by atoms with Gasteiger partial charge in [-0.05, 0) is 45.2 Å². The summed E-state index contributed by atoms with van der Waals surface area (Å²) >= 11 is 0. The Morgan fingerprint density at radius 3 is 2.91 bits per heavy atom. The first-order valence-corrected chi connectivity index (χ1v) is 11.4. The molecule has 0 fully saturated rings. The molecule has 7 heteroatoms. The topological polar surface area (TPSA) is 76.9 Å². The molecule has 0 saturated heterocycles. The number of anilines is 1. The molecule has 0 unspecified atom stereocenters. The number of nitrogens with zero attached hydrogens (tertiary/aromatic N) is 4. The van der Waals surface area contributed by atoms with Crippen LogP contribution in [0.15, 0.2) is 47.6 Å². The normalized spacial score (nSPS) is 13.7. The molecule has 0 aliphatic carbocycles. The van der Waals surface area contributed by atoms with Gasteiger partial charge in [-0.2, -0.15) is 0 Å². The van der Waals surface area contributed by atoms with E-state index in [2.05, 4.69) is 28.5 Å². The fraction of sp³-hybridized carbons (Fsp3) is 0.385. The van der Waals surface area contributed by atoms with Gasteiger partial charge in [0, 0.05) is 43.0 Å². The fourth-order valence-corrected chi connectivity index (χ4v) is 3.58. The summed E-state index contributed by atoms with van der Waals surface area (Å²) in [6, 6.07) is 5.66. The lowest BCUT2D eigenvalue weighted by atomic mass is 10.1. The molecule has 1 aliphatic heterocycles. The molecule has 1 aromatic carbocycles. The van der Waals surface area contributed by atoms with Crippen LogP contribution in [0.1, 0.15) is 61.1 Å². The number of esters is 1. The number of allylic oxidation sites excluding steroid dienone is 3. The predicted molar refractivity (Wildman–Crippen MR) is 132 cm³/mol. The highest BCUT2D eigenvalue weighted by atomic mass is 16.5. The third-order valence-electron chi connectivity index (χ3n) is 5.36. The second kappa shape index (κ2) is 11.9. The first-order chi connectivity index (χ1) is 16.1. The van der Waals surface area contributed by atoms with E-state index in [0.717, 1.165) is 42.8 Å². The highest BCUT2D eigenvalue weighted by Crippen LogP contribution is 2.30. The van der Waals surface area contributed by atoms with Crippen LogP contribution in [0.4, 0.5) is 5.69 Å². The van der Waals surface area contributed by atoms with Gasteiger partial charge in [0.15, 0.2) is 5.82 Å². The average molecular weight is 449 g/mol. The van der Waals surface area contributed by atoms with Gasteiger partial charge in [0.05, 0.1) is 18.9 Å². The van der Waals surface area contributed by atoms with E-state index in [1.165, 1.54) is 0 Å². The zero-order valence-electron chi connectivity index (χ0n) is 19.7. The van der Waals surface area contributed by atoms with Crippen molar-refractivity contribution in [3.63, 3.8) is 0 Å². The Morgan fingerprint density at radius 2 is 2.18 bits per heavy atom. The molecule has 7 nitrogen and oxygen atoms in total. The first kappa shape index (κ1) is 24.2. The van der Waals surface area contributed by atoms with E-state index in [9.17, 15) is 4.79 Å². The van der Waals surface area contributed by atoms with Crippen molar-refractivity contribution in [3.8, 4) is 5.75 Å². The maximum Gasteiger partial charge on any atom is 0.341 e. The van der Waals surface area contributed by atoms with Gasteiger partial charge < -0.3 is 14.4 Å². The highest BCUT2D eigenvalue weighted by molar-refractivity contribution is 5.93. The summed E-state index contributed by atoms with van der Waals surface area (Å²) in [6.07, 6.45) is 10.3. The molecule has 0 bridgehead atoms. The lowest BCUT2D eigenvalue weighted by molar-refractivity contribution is 0.0521. The Bertz CT molecular complexity index is 1050. The zero-order chi connectivity index (χ0) is 23.6. The number of rotatable bonds is 10. The summed E-state index contributed by atoms with van der Waals surface area (Å²) in [6.45, 7) is 11.8. The summed E-state index contributed by atoms with van der Waals surface area (Å²) in [7, 11) is 0. The summed E-state index contributed by atoms with van der Waals surface area (Å²) in [5, 5.41) is 0. The lowest BCUT2D eigenvalue weighted by Gasteiger charge is -2.30. The third-order valence-corrected chi connectivity index (χ3v) is 5.36. The Hall–Kier alpha value is -3.48. The number of aliphatic imine (C=N–C) groups is 1. The molecule has 0 saturated carbocycles. The molecule has 0 amide bonds. The predicted octanol–water partition coefficient (Wildman–Crippen LogP) is 5.01. The van der Waals surface area contributed by atoms with Crippen molar-refractivity contribution in [1.82, 2.24) is 9.97 Å². The van der Waals surface area contributed by atoms with Crippen molar-refractivity contribution in [2.45, 2.75) is 46.6 Å². The second-order valence-corrected chi connectivity index (χ2v) is 7.68. The SMILES string of the molecule is C=N/C(=C\C=C/C)c1ncc2c(n1)CCN(c1ccc(C(=O)OCC)c(OCCCC)c1)C2. The van der Waals surface area contributed by atoms with E-state index in [1.807, 2.05) is 43.5 Å². The molecule has 0 N–H and O–H groups in total. The molecule has 33 heavy (non-hydrogen) atoms. The maximum atomic E-state index is 12.4. The Balaban J connectivity index is 1.83. The number of benzene rings is 1. The van der Waals surface area contributed by atoms with Crippen molar-refractivity contribution in [3.05, 3.63) is 65.3 Å². The minimum Gasteiger partial charge on any atom is -0.493 e. The van der Waals surface area contributed by atoms with Crippen LogP contribution in [0.3, 0.4) is 0 Å². The fourth-order valence-electron chi connectivity index (χ4n) is 3.58. The number of aromatic nitrogens is 2. The van der Waals surface area contributed by atoms with E-state index in [0.29, 0.717) is 42.6 Å². The van der Waals surface area contributed by atoms with E-state index >= 15 is 0 Å². The minimum atomic E-state index is -0.363. The summed E-state index contributed by atoms with van der Waals surface area (Å²) < 4.78 is 11.2. The van der Waals surface area contributed by atoms with Gasteiger partial charge in [-0.25, -0.2) is 14.8 Å². The molecule has 0 atom stereocenters. The van der Waals surface area contributed by atoms with Crippen LogP contribution in [-0.4, -0.2) is 42.4 Å². The third kappa shape index (κ3) is 6.06. The monoisotopic (exact) mass is 448 g/mol. The molecule has 174 valence electrons. The van der Waals surface area contributed by atoms with Gasteiger partial charge in [-0.3, -0.25) is 4.99 Å². The Morgan fingerprint density at radius 1 is 1.33 bits per heavy atom. The number of carbonyl (C=O) groups is 1. The molecular formula is C26H32N4O3. The van der Waals surface area contributed by atoms with E-state index in [4.69, 9.17) is 14.5 Å². The first-order valence-electron chi connectivity index (χ1n) is 11.4. The standard InChI is InChI=1S/C26H32N4O3/c1-5-8-10-23(27-4)25-28-17-19-18-30(14-13-22(19)29-25)20-11-12-21(26(31)32-7-3)24(16-20)33-15-9-6-2/h5,8,10-12,16-17H,4,6-7,9,13-15,18H2,1-3H3/b8-5-,23-10-. The van der Waals surface area contributed by atoms with Crippen LogP contribution in [0, 0.1) is 0 Å². The Kier molecular flexibility index (Phi) is 8.75. The van der Waals surface area contributed by atoms with Crippen molar-refractivity contribution >= 4 is 24.1 Å². The number of hydrogen-bond donors (Lipinski definition) is 0. The van der Waals surface area contributed by atoms with Gasteiger partial charge in [0.2, 0.25) is 0 Å². The van der Waals surface area contributed by atoms with Crippen LogP contribution in [0.25, 0.3) is 5.70 Å². The van der Waals surface area contributed by atoms with Crippen LogP contribution in [0.5, 0.6) is 5.75 Å². The van der Waals surface area contributed by atoms with Gasteiger partial charge in [-0.1, -0.05) is 25.5 Å². The summed E-state index contributed by atoms with van der Waals surface area (Å²) in [5.41, 5.74) is 4.20. The quantitative estimate of drug-likeness (QED) is 0.220. The van der Waals surface area contributed by atoms with Crippen LogP contribution in [-0.2, 0) is 17.7 Å². The Labute approximate surface area is 195 Å². The van der Waals surface area contributed by atoms with Gasteiger partial charge in [0.25, 0.3) is 0 Å². The number of ether oxygens (including phenoxy) is 2. The summed E-state index contributed by atoms with van der Waals surface area (Å²) in [5.74, 6) is 0.784. The van der Waals surface area contributed by atoms with Gasteiger partial charge in [-0.15, -0.1) is 0 Å². The average Bonchev–Trinajstić information content (AvgIpc) is 2.84. The molecule has 1 aliphatic rings.